The Labute approximate surface area is 141 Å². The second kappa shape index (κ2) is 5.68. The first-order valence-electron chi connectivity index (χ1n) is 7.75. The highest BCUT2D eigenvalue weighted by molar-refractivity contribution is 7.20. The first-order chi connectivity index (χ1) is 11.5. The molecule has 7 heteroatoms. The van der Waals surface area contributed by atoms with Crippen molar-refractivity contribution in [3.8, 4) is 5.69 Å². The van der Waals surface area contributed by atoms with Gasteiger partial charge in [0, 0.05) is 18.5 Å². The molecule has 4 rings (SSSR count). The summed E-state index contributed by atoms with van der Waals surface area (Å²) in [5.74, 6) is -0.355. The standard InChI is InChI=1S/C17H16FN3O2S/c1-10-14-8-15(16(23)20-7-6-13(22)9-20)24-17(14)21(19-10)12-4-2-11(18)3-5-12/h2-5,8,13,22H,6-7,9H2,1H3/t13-/m1/s1. The maximum absolute atomic E-state index is 13.1. The Morgan fingerprint density at radius 1 is 1.38 bits per heavy atom. The van der Waals surface area contributed by atoms with E-state index < -0.39 is 6.10 Å². The van der Waals surface area contributed by atoms with Crippen LogP contribution in [0.3, 0.4) is 0 Å². The fourth-order valence-corrected chi connectivity index (χ4v) is 4.14. The van der Waals surface area contributed by atoms with Gasteiger partial charge in [-0.05, 0) is 43.7 Å². The van der Waals surface area contributed by atoms with Gasteiger partial charge in [0.25, 0.3) is 5.91 Å². The number of carbonyl (C=O) groups excluding carboxylic acids is 1. The Bertz CT molecular complexity index is 916. The summed E-state index contributed by atoms with van der Waals surface area (Å²) in [5.41, 5.74) is 1.58. The average Bonchev–Trinajstić information content (AvgIpc) is 3.25. The molecule has 1 aromatic carbocycles. The third kappa shape index (κ3) is 2.50. The lowest BCUT2D eigenvalue weighted by Crippen LogP contribution is -2.28. The summed E-state index contributed by atoms with van der Waals surface area (Å²) >= 11 is 1.37. The molecule has 0 spiro atoms. The second-order valence-electron chi connectivity index (χ2n) is 6.00. The average molecular weight is 345 g/mol. The van der Waals surface area contributed by atoms with Gasteiger partial charge in [-0.2, -0.15) is 5.10 Å². The van der Waals surface area contributed by atoms with E-state index in [1.165, 1.54) is 23.5 Å². The van der Waals surface area contributed by atoms with Crippen LogP contribution in [0.15, 0.2) is 30.3 Å². The molecule has 1 aliphatic heterocycles. The van der Waals surface area contributed by atoms with E-state index in [2.05, 4.69) is 5.10 Å². The number of aryl methyl sites for hydroxylation is 1. The van der Waals surface area contributed by atoms with Crippen molar-refractivity contribution in [3.63, 3.8) is 0 Å². The molecule has 0 radical (unpaired) electrons. The summed E-state index contributed by atoms with van der Waals surface area (Å²) in [7, 11) is 0. The molecule has 0 unspecified atom stereocenters. The Balaban J connectivity index is 1.74. The maximum atomic E-state index is 13.1. The highest BCUT2D eigenvalue weighted by atomic mass is 32.1. The van der Waals surface area contributed by atoms with Crippen molar-refractivity contribution < 1.29 is 14.3 Å². The van der Waals surface area contributed by atoms with Crippen LogP contribution in [0.1, 0.15) is 21.8 Å². The minimum Gasteiger partial charge on any atom is -0.391 e. The Morgan fingerprint density at radius 3 is 2.79 bits per heavy atom. The second-order valence-corrected chi connectivity index (χ2v) is 7.03. The molecule has 24 heavy (non-hydrogen) atoms. The van der Waals surface area contributed by atoms with E-state index >= 15 is 0 Å². The van der Waals surface area contributed by atoms with Gasteiger partial charge < -0.3 is 10.0 Å². The minimum absolute atomic E-state index is 0.0576. The first-order valence-corrected chi connectivity index (χ1v) is 8.57. The Kier molecular flexibility index (Phi) is 3.62. The highest BCUT2D eigenvalue weighted by Crippen LogP contribution is 2.31. The molecule has 3 aromatic rings. The third-order valence-corrected chi connectivity index (χ3v) is 5.38. The monoisotopic (exact) mass is 345 g/mol. The van der Waals surface area contributed by atoms with Crippen LogP contribution in [0, 0.1) is 12.7 Å². The molecular weight excluding hydrogens is 329 g/mol. The zero-order chi connectivity index (χ0) is 16.8. The number of β-amino-alcohol motifs (C(OH)–C–C–N with tert-alkyl or cyclic N) is 1. The lowest BCUT2D eigenvalue weighted by atomic mass is 10.3. The number of carbonyl (C=O) groups is 1. The fraction of sp³-hybridized carbons (Fsp3) is 0.294. The van der Waals surface area contributed by atoms with Crippen LogP contribution >= 0.6 is 11.3 Å². The normalized spacial score (nSPS) is 17.8. The summed E-state index contributed by atoms with van der Waals surface area (Å²) in [6, 6.07) is 7.97. The molecule has 5 nitrogen and oxygen atoms in total. The third-order valence-electron chi connectivity index (χ3n) is 4.28. The smallest absolute Gasteiger partial charge is 0.264 e. The van der Waals surface area contributed by atoms with Crippen molar-refractivity contribution >= 4 is 27.5 Å². The van der Waals surface area contributed by atoms with Crippen LogP contribution < -0.4 is 0 Å². The van der Waals surface area contributed by atoms with Crippen molar-refractivity contribution in [2.45, 2.75) is 19.4 Å². The molecule has 0 saturated carbocycles. The number of nitrogens with zero attached hydrogens (tertiary/aromatic N) is 3. The van der Waals surface area contributed by atoms with E-state index in [1.807, 2.05) is 13.0 Å². The number of aromatic nitrogens is 2. The molecule has 0 aliphatic carbocycles. The highest BCUT2D eigenvalue weighted by Gasteiger charge is 2.27. The van der Waals surface area contributed by atoms with Gasteiger partial charge in [0.05, 0.1) is 22.4 Å². The van der Waals surface area contributed by atoms with Gasteiger partial charge in [0.1, 0.15) is 10.6 Å². The van der Waals surface area contributed by atoms with Crippen molar-refractivity contribution in [1.29, 1.82) is 0 Å². The molecule has 124 valence electrons. The zero-order valence-corrected chi connectivity index (χ0v) is 13.9. The van der Waals surface area contributed by atoms with E-state index in [0.29, 0.717) is 24.4 Å². The number of likely N-dealkylation sites (tertiary alicyclic amines) is 1. The van der Waals surface area contributed by atoms with Gasteiger partial charge >= 0.3 is 0 Å². The van der Waals surface area contributed by atoms with Crippen LogP contribution in [-0.4, -0.2) is 44.9 Å². The SMILES string of the molecule is Cc1nn(-c2ccc(F)cc2)c2sc(C(=O)N3CC[C@@H](O)C3)cc12. The summed E-state index contributed by atoms with van der Waals surface area (Å²) in [6.07, 6.45) is 0.193. The number of halogens is 1. The summed E-state index contributed by atoms with van der Waals surface area (Å²) < 4.78 is 14.9. The van der Waals surface area contributed by atoms with E-state index in [9.17, 15) is 14.3 Å². The van der Waals surface area contributed by atoms with E-state index in [4.69, 9.17) is 0 Å². The molecule has 0 bridgehead atoms. The predicted molar refractivity (Wildman–Crippen MR) is 90.2 cm³/mol. The number of hydrogen-bond acceptors (Lipinski definition) is 4. The molecular formula is C17H16FN3O2S. The van der Waals surface area contributed by atoms with Gasteiger partial charge in [-0.25, -0.2) is 9.07 Å². The van der Waals surface area contributed by atoms with Gasteiger partial charge in [-0.15, -0.1) is 11.3 Å². The quantitative estimate of drug-likeness (QED) is 0.777. The Morgan fingerprint density at radius 2 is 2.12 bits per heavy atom. The number of aliphatic hydroxyl groups excluding tert-OH is 1. The van der Waals surface area contributed by atoms with Gasteiger partial charge in [-0.3, -0.25) is 4.79 Å². The van der Waals surface area contributed by atoms with E-state index in [0.717, 1.165) is 21.6 Å². The van der Waals surface area contributed by atoms with Gasteiger partial charge in [-0.1, -0.05) is 0 Å². The topological polar surface area (TPSA) is 58.4 Å². The van der Waals surface area contributed by atoms with Crippen molar-refractivity contribution in [2.24, 2.45) is 0 Å². The minimum atomic E-state index is -0.431. The first kappa shape index (κ1) is 15.3. The molecule has 1 amide bonds. The number of rotatable bonds is 2. The molecule has 1 N–H and O–H groups in total. The van der Waals surface area contributed by atoms with E-state index in [1.54, 1.807) is 21.7 Å². The fourth-order valence-electron chi connectivity index (χ4n) is 2.99. The molecule has 1 fully saturated rings. The summed E-state index contributed by atoms with van der Waals surface area (Å²) in [4.78, 5) is 15.8. The van der Waals surface area contributed by atoms with Crippen molar-refractivity contribution in [3.05, 3.63) is 46.7 Å². The summed E-state index contributed by atoms with van der Waals surface area (Å²) in [5, 5.41) is 15.0. The lowest BCUT2D eigenvalue weighted by molar-refractivity contribution is 0.0770. The van der Waals surface area contributed by atoms with Crippen LogP contribution in [0.2, 0.25) is 0 Å². The van der Waals surface area contributed by atoms with Crippen molar-refractivity contribution in [2.75, 3.05) is 13.1 Å². The van der Waals surface area contributed by atoms with Gasteiger partial charge in [0.2, 0.25) is 0 Å². The zero-order valence-electron chi connectivity index (χ0n) is 13.1. The van der Waals surface area contributed by atoms with Crippen LogP contribution in [0.25, 0.3) is 15.9 Å². The number of aliphatic hydroxyl groups is 1. The van der Waals surface area contributed by atoms with Crippen LogP contribution in [0.5, 0.6) is 0 Å². The molecule has 3 heterocycles. The Hall–Kier alpha value is -2.25. The maximum Gasteiger partial charge on any atom is 0.264 e. The summed E-state index contributed by atoms with van der Waals surface area (Å²) in [6.45, 7) is 2.86. The number of thiophene rings is 1. The van der Waals surface area contributed by atoms with E-state index in [-0.39, 0.29) is 11.7 Å². The van der Waals surface area contributed by atoms with Crippen molar-refractivity contribution in [1.82, 2.24) is 14.7 Å². The molecule has 2 aromatic heterocycles. The number of benzene rings is 1. The molecule has 1 aliphatic rings. The lowest BCUT2D eigenvalue weighted by Gasteiger charge is -2.13. The van der Waals surface area contributed by atoms with Crippen LogP contribution in [0.4, 0.5) is 4.39 Å². The molecule has 1 atom stereocenters. The molecule has 1 saturated heterocycles. The van der Waals surface area contributed by atoms with Crippen LogP contribution in [-0.2, 0) is 0 Å². The largest absolute Gasteiger partial charge is 0.391 e. The predicted octanol–water partition coefficient (Wildman–Crippen LogP) is 2.74. The number of hydrogen-bond donors (Lipinski definition) is 1. The number of amides is 1. The van der Waals surface area contributed by atoms with Gasteiger partial charge in [0.15, 0.2) is 0 Å². The number of fused-ring (bicyclic) bond motifs is 1.